The smallest absolute Gasteiger partial charge is 0.341 e. The third-order valence-corrected chi connectivity index (χ3v) is 5.72. The number of rotatable bonds is 4. The predicted molar refractivity (Wildman–Crippen MR) is 85.5 cm³/mol. The van der Waals surface area contributed by atoms with Gasteiger partial charge in [0, 0.05) is 18.8 Å². The van der Waals surface area contributed by atoms with Crippen molar-refractivity contribution >= 4 is 27.4 Å². The quantitative estimate of drug-likeness (QED) is 0.624. The van der Waals surface area contributed by atoms with Crippen molar-refractivity contribution in [3.8, 4) is 0 Å². The zero-order chi connectivity index (χ0) is 18.1. The molecule has 1 fully saturated rings. The van der Waals surface area contributed by atoms with Crippen molar-refractivity contribution < 1.29 is 27.1 Å². The van der Waals surface area contributed by atoms with E-state index >= 15 is 0 Å². The van der Waals surface area contributed by atoms with Crippen LogP contribution in [0.15, 0.2) is 18.2 Å². The number of benzene rings is 1. The van der Waals surface area contributed by atoms with Crippen LogP contribution in [0.4, 0.5) is 10.1 Å². The predicted octanol–water partition coefficient (Wildman–Crippen LogP) is 0.599. The number of hydrogen-bond donors (Lipinski definition) is 1. The SMILES string of the molecule is C[C@H](OC(=O)c1ccc(F)cc1N)C(=O)N(C)[C@@H]1CCS(=O)(=O)C1. The molecule has 1 heterocycles. The highest BCUT2D eigenvalue weighted by Crippen LogP contribution is 2.19. The van der Waals surface area contributed by atoms with Crippen molar-refractivity contribution in [2.45, 2.75) is 25.5 Å². The van der Waals surface area contributed by atoms with Crippen LogP contribution in [0.25, 0.3) is 0 Å². The van der Waals surface area contributed by atoms with E-state index in [-0.39, 0.29) is 22.8 Å². The third-order valence-electron chi connectivity index (χ3n) is 3.97. The van der Waals surface area contributed by atoms with E-state index in [4.69, 9.17) is 10.5 Å². The van der Waals surface area contributed by atoms with Crippen LogP contribution >= 0.6 is 0 Å². The normalized spacial score (nSPS) is 20.4. The number of esters is 1. The highest BCUT2D eigenvalue weighted by Gasteiger charge is 2.35. The molecular weight excluding hydrogens is 339 g/mol. The molecule has 1 aromatic rings. The first-order valence-electron chi connectivity index (χ1n) is 7.34. The number of nitrogens with zero attached hydrogens (tertiary/aromatic N) is 1. The number of anilines is 1. The molecule has 0 radical (unpaired) electrons. The molecule has 1 aromatic carbocycles. The van der Waals surface area contributed by atoms with Crippen molar-refractivity contribution in [3.63, 3.8) is 0 Å². The van der Waals surface area contributed by atoms with Gasteiger partial charge in [0.15, 0.2) is 15.9 Å². The maximum atomic E-state index is 13.0. The zero-order valence-electron chi connectivity index (χ0n) is 13.4. The number of amides is 1. The van der Waals surface area contributed by atoms with Crippen LogP contribution in [0.5, 0.6) is 0 Å². The first-order valence-corrected chi connectivity index (χ1v) is 9.16. The summed E-state index contributed by atoms with van der Waals surface area (Å²) >= 11 is 0. The maximum Gasteiger partial charge on any atom is 0.341 e. The minimum Gasteiger partial charge on any atom is -0.449 e. The molecule has 0 saturated carbocycles. The van der Waals surface area contributed by atoms with E-state index in [0.29, 0.717) is 6.42 Å². The van der Waals surface area contributed by atoms with E-state index in [9.17, 15) is 22.4 Å². The number of carbonyl (C=O) groups excluding carboxylic acids is 2. The third kappa shape index (κ3) is 4.02. The minimum absolute atomic E-state index is 0.0373. The van der Waals surface area contributed by atoms with Gasteiger partial charge in [0.1, 0.15) is 5.82 Å². The van der Waals surface area contributed by atoms with Crippen molar-refractivity contribution in [2.75, 3.05) is 24.3 Å². The second-order valence-corrected chi connectivity index (χ2v) is 8.01. The lowest BCUT2D eigenvalue weighted by molar-refractivity contribution is -0.140. The molecule has 9 heteroatoms. The summed E-state index contributed by atoms with van der Waals surface area (Å²) in [4.78, 5) is 25.6. The molecule has 0 aromatic heterocycles. The van der Waals surface area contributed by atoms with Gasteiger partial charge in [-0.2, -0.15) is 0 Å². The Bertz CT molecular complexity index is 765. The average molecular weight is 358 g/mol. The van der Waals surface area contributed by atoms with Gasteiger partial charge >= 0.3 is 5.97 Å². The van der Waals surface area contributed by atoms with Gasteiger partial charge in [-0.05, 0) is 31.5 Å². The summed E-state index contributed by atoms with van der Waals surface area (Å²) in [5.41, 5.74) is 5.43. The van der Waals surface area contributed by atoms with E-state index in [1.54, 1.807) is 0 Å². The summed E-state index contributed by atoms with van der Waals surface area (Å²) in [6.45, 7) is 1.39. The average Bonchev–Trinajstić information content (AvgIpc) is 2.85. The Morgan fingerprint density at radius 3 is 2.62 bits per heavy atom. The van der Waals surface area contributed by atoms with Gasteiger partial charge in [0.2, 0.25) is 0 Å². The topological polar surface area (TPSA) is 107 Å². The van der Waals surface area contributed by atoms with E-state index < -0.39 is 39.7 Å². The van der Waals surface area contributed by atoms with Crippen LogP contribution in [-0.4, -0.2) is 55.9 Å². The molecule has 1 amide bonds. The van der Waals surface area contributed by atoms with Crippen LogP contribution < -0.4 is 5.73 Å². The highest BCUT2D eigenvalue weighted by molar-refractivity contribution is 7.91. The van der Waals surface area contributed by atoms with Gasteiger partial charge in [0.25, 0.3) is 5.91 Å². The molecule has 0 bridgehead atoms. The molecule has 1 aliphatic rings. The van der Waals surface area contributed by atoms with E-state index in [1.165, 1.54) is 24.9 Å². The number of hydrogen-bond acceptors (Lipinski definition) is 6. The standard InChI is InChI=1S/C15H19FN2O5S/c1-9(14(19)18(2)11-5-6-24(21,22)8-11)23-15(20)12-4-3-10(16)7-13(12)17/h3-4,7,9,11H,5-6,8,17H2,1-2H3/t9-,11+/m0/s1. The Hall–Kier alpha value is -2.16. The zero-order valence-corrected chi connectivity index (χ0v) is 14.2. The molecule has 0 aliphatic carbocycles. The van der Waals surface area contributed by atoms with Crippen LogP contribution in [0.1, 0.15) is 23.7 Å². The van der Waals surface area contributed by atoms with Crippen molar-refractivity contribution in [1.29, 1.82) is 0 Å². The summed E-state index contributed by atoms with van der Waals surface area (Å²) in [6.07, 6.45) is -0.758. The van der Waals surface area contributed by atoms with Gasteiger partial charge in [-0.15, -0.1) is 0 Å². The fourth-order valence-corrected chi connectivity index (χ4v) is 4.32. The van der Waals surface area contributed by atoms with Gasteiger partial charge in [-0.1, -0.05) is 0 Å². The molecule has 2 rings (SSSR count). The first-order chi connectivity index (χ1) is 11.1. The number of ether oxygens (including phenoxy) is 1. The van der Waals surface area contributed by atoms with Gasteiger partial charge in [0.05, 0.1) is 17.1 Å². The van der Waals surface area contributed by atoms with Crippen LogP contribution in [0, 0.1) is 5.82 Å². The fraction of sp³-hybridized carbons (Fsp3) is 0.467. The second-order valence-electron chi connectivity index (χ2n) is 5.79. The summed E-state index contributed by atoms with van der Waals surface area (Å²) in [7, 11) is -1.65. The Morgan fingerprint density at radius 1 is 1.42 bits per heavy atom. The van der Waals surface area contributed by atoms with E-state index in [2.05, 4.69) is 0 Å². The van der Waals surface area contributed by atoms with Crippen molar-refractivity contribution in [1.82, 2.24) is 4.90 Å². The summed E-state index contributed by atoms with van der Waals surface area (Å²) < 4.78 is 41.1. The molecule has 132 valence electrons. The second kappa shape index (κ2) is 6.76. The summed E-state index contributed by atoms with van der Waals surface area (Å²) in [5.74, 6) is -2.00. The monoisotopic (exact) mass is 358 g/mol. The van der Waals surface area contributed by atoms with Crippen LogP contribution in [0.2, 0.25) is 0 Å². The number of likely N-dealkylation sites (N-methyl/N-ethyl adjacent to an activating group) is 1. The fourth-order valence-electron chi connectivity index (χ4n) is 2.54. The molecule has 0 spiro atoms. The van der Waals surface area contributed by atoms with E-state index in [0.717, 1.165) is 12.1 Å². The molecule has 2 N–H and O–H groups in total. The molecule has 7 nitrogen and oxygen atoms in total. The largest absolute Gasteiger partial charge is 0.449 e. The molecular formula is C15H19FN2O5S. The number of sulfone groups is 1. The van der Waals surface area contributed by atoms with Crippen LogP contribution in [0.3, 0.4) is 0 Å². The lowest BCUT2D eigenvalue weighted by Crippen LogP contribution is -2.44. The molecule has 24 heavy (non-hydrogen) atoms. The first kappa shape index (κ1) is 18.2. The van der Waals surface area contributed by atoms with Crippen LogP contribution in [-0.2, 0) is 19.4 Å². The van der Waals surface area contributed by atoms with Gasteiger partial charge in [-0.3, -0.25) is 4.79 Å². The summed E-state index contributed by atoms with van der Waals surface area (Å²) in [5, 5.41) is 0. The Kier molecular flexibility index (Phi) is 5.12. The molecule has 1 aliphatic heterocycles. The van der Waals surface area contributed by atoms with Crippen molar-refractivity contribution in [3.05, 3.63) is 29.6 Å². The lowest BCUT2D eigenvalue weighted by atomic mass is 10.1. The molecule has 1 saturated heterocycles. The minimum atomic E-state index is -3.13. The van der Waals surface area contributed by atoms with Crippen molar-refractivity contribution in [2.24, 2.45) is 0 Å². The van der Waals surface area contributed by atoms with Gasteiger partial charge < -0.3 is 15.4 Å². The summed E-state index contributed by atoms with van der Waals surface area (Å²) in [6, 6.07) is 2.80. The maximum absolute atomic E-state index is 13.0. The number of halogens is 1. The highest BCUT2D eigenvalue weighted by atomic mass is 32.2. The number of nitrogens with two attached hydrogens (primary N) is 1. The Morgan fingerprint density at radius 2 is 2.08 bits per heavy atom. The Balaban J connectivity index is 2.02. The van der Waals surface area contributed by atoms with Gasteiger partial charge in [-0.25, -0.2) is 17.6 Å². The number of carbonyl (C=O) groups is 2. The Labute approximate surface area is 139 Å². The molecule has 2 atom stereocenters. The molecule has 0 unspecified atom stereocenters. The number of nitrogen functional groups attached to an aromatic ring is 1. The lowest BCUT2D eigenvalue weighted by Gasteiger charge is -2.26. The van der Waals surface area contributed by atoms with E-state index in [1.807, 2.05) is 0 Å².